The number of rotatable bonds is 5. The lowest BCUT2D eigenvalue weighted by molar-refractivity contribution is 0.0785. The van der Waals surface area contributed by atoms with Crippen molar-refractivity contribution in [3.8, 4) is 0 Å². The van der Waals surface area contributed by atoms with Gasteiger partial charge in [-0.1, -0.05) is 23.8 Å². The quantitative estimate of drug-likeness (QED) is 0.690. The minimum absolute atomic E-state index is 0.0345. The zero-order chi connectivity index (χ0) is 18.0. The lowest BCUT2D eigenvalue weighted by atomic mass is 10.00. The summed E-state index contributed by atoms with van der Waals surface area (Å²) in [6.45, 7) is 7.69. The van der Waals surface area contributed by atoms with Gasteiger partial charge in [0.2, 0.25) is 0 Å². The first-order chi connectivity index (χ1) is 12.0. The predicted octanol–water partition coefficient (Wildman–Crippen LogP) is 4.19. The van der Waals surface area contributed by atoms with E-state index in [1.165, 1.54) is 33.6 Å². The maximum atomic E-state index is 12.4. The Morgan fingerprint density at radius 2 is 1.96 bits per heavy atom. The van der Waals surface area contributed by atoms with Crippen molar-refractivity contribution in [2.75, 3.05) is 7.05 Å². The molecular weight excluding hydrogens is 330 g/mol. The molecule has 0 fully saturated rings. The fourth-order valence-electron chi connectivity index (χ4n) is 3.14. The van der Waals surface area contributed by atoms with E-state index in [1.807, 2.05) is 30.8 Å². The zero-order valence-electron chi connectivity index (χ0n) is 15.1. The molecule has 25 heavy (non-hydrogen) atoms. The molecule has 5 heteroatoms. The van der Waals surface area contributed by atoms with E-state index in [9.17, 15) is 4.79 Å². The molecule has 1 amide bonds. The van der Waals surface area contributed by atoms with Crippen molar-refractivity contribution < 1.29 is 4.79 Å². The number of carbonyl (C=O) groups is 1. The molecule has 3 rings (SSSR count). The SMILES string of the molecule is Cc1cc(C)c(Cn2ccnc2CN(C)C(=O)c2cccs2)c(C)c1. The highest BCUT2D eigenvalue weighted by atomic mass is 32.1. The normalized spacial score (nSPS) is 10.9. The van der Waals surface area contributed by atoms with Gasteiger partial charge in [-0.2, -0.15) is 0 Å². The molecule has 0 N–H and O–H groups in total. The van der Waals surface area contributed by atoms with Crippen LogP contribution in [-0.2, 0) is 13.1 Å². The summed E-state index contributed by atoms with van der Waals surface area (Å²) in [7, 11) is 1.82. The first-order valence-electron chi connectivity index (χ1n) is 8.31. The van der Waals surface area contributed by atoms with Crippen LogP contribution in [0.15, 0.2) is 42.0 Å². The van der Waals surface area contributed by atoms with Gasteiger partial charge in [0.05, 0.1) is 11.4 Å². The summed E-state index contributed by atoms with van der Waals surface area (Å²) in [5.74, 6) is 0.930. The number of aromatic nitrogens is 2. The first kappa shape index (κ1) is 17.4. The molecule has 0 radical (unpaired) electrons. The Labute approximate surface area is 152 Å². The topological polar surface area (TPSA) is 38.1 Å². The van der Waals surface area contributed by atoms with E-state index in [1.54, 1.807) is 11.1 Å². The molecule has 0 aliphatic heterocycles. The highest BCUT2D eigenvalue weighted by Crippen LogP contribution is 2.19. The monoisotopic (exact) mass is 353 g/mol. The number of aryl methyl sites for hydroxylation is 3. The second kappa shape index (κ2) is 7.23. The van der Waals surface area contributed by atoms with Crippen molar-refractivity contribution in [2.45, 2.75) is 33.9 Å². The Morgan fingerprint density at radius 1 is 1.24 bits per heavy atom. The molecule has 3 aromatic rings. The summed E-state index contributed by atoms with van der Waals surface area (Å²) in [5, 5.41) is 1.92. The molecule has 0 spiro atoms. The molecule has 0 saturated carbocycles. The van der Waals surface area contributed by atoms with E-state index in [0.29, 0.717) is 6.54 Å². The van der Waals surface area contributed by atoms with Crippen molar-refractivity contribution in [3.63, 3.8) is 0 Å². The first-order valence-corrected chi connectivity index (χ1v) is 9.19. The van der Waals surface area contributed by atoms with Crippen molar-refractivity contribution in [1.29, 1.82) is 0 Å². The van der Waals surface area contributed by atoms with Crippen LogP contribution in [0.3, 0.4) is 0 Å². The van der Waals surface area contributed by atoms with Gasteiger partial charge < -0.3 is 9.47 Å². The van der Waals surface area contributed by atoms with Gasteiger partial charge in [-0.05, 0) is 48.9 Å². The number of thiophene rings is 1. The minimum Gasteiger partial charge on any atom is -0.334 e. The number of hydrogen-bond donors (Lipinski definition) is 0. The molecule has 0 aliphatic rings. The summed E-state index contributed by atoms with van der Waals surface area (Å²) < 4.78 is 2.13. The van der Waals surface area contributed by atoms with Crippen LogP contribution in [0.5, 0.6) is 0 Å². The third-order valence-corrected chi connectivity index (χ3v) is 5.29. The molecule has 130 valence electrons. The van der Waals surface area contributed by atoms with E-state index in [4.69, 9.17) is 0 Å². The Morgan fingerprint density at radius 3 is 2.60 bits per heavy atom. The van der Waals surface area contributed by atoms with E-state index in [0.717, 1.165) is 17.2 Å². The van der Waals surface area contributed by atoms with Crippen LogP contribution in [0, 0.1) is 20.8 Å². The van der Waals surface area contributed by atoms with Crippen LogP contribution in [0.25, 0.3) is 0 Å². The van der Waals surface area contributed by atoms with Gasteiger partial charge in [0.1, 0.15) is 5.82 Å². The van der Waals surface area contributed by atoms with Crippen LogP contribution in [0.1, 0.15) is 37.7 Å². The van der Waals surface area contributed by atoms with Gasteiger partial charge in [-0.3, -0.25) is 4.79 Å². The molecule has 2 aromatic heterocycles. The van der Waals surface area contributed by atoms with Crippen molar-refractivity contribution in [1.82, 2.24) is 14.5 Å². The van der Waals surface area contributed by atoms with Crippen LogP contribution in [0.2, 0.25) is 0 Å². The Kier molecular flexibility index (Phi) is 5.04. The number of hydrogen-bond acceptors (Lipinski definition) is 3. The van der Waals surface area contributed by atoms with Crippen LogP contribution >= 0.6 is 11.3 Å². The van der Waals surface area contributed by atoms with E-state index >= 15 is 0 Å². The van der Waals surface area contributed by atoms with Gasteiger partial charge in [0.15, 0.2) is 0 Å². The Hall–Kier alpha value is -2.40. The maximum Gasteiger partial charge on any atom is 0.264 e. The molecule has 4 nitrogen and oxygen atoms in total. The molecule has 0 aliphatic carbocycles. The smallest absolute Gasteiger partial charge is 0.264 e. The highest BCUT2D eigenvalue weighted by Gasteiger charge is 2.16. The van der Waals surface area contributed by atoms with E-state index in [-0.39, 0.29) is 5.91 Å². The second-order valence-electron chi connectivity index (χ2n) is 6.49. The Balaban J connectivity index is 1.78. The maximum absolute atomic E-state index is 12.4. The van der Waals surface area contributed by atoms with Gasteiger partial charge in [-0.25, -0.2) is 4.98 Å². The van der Waals surface area contributed by atoms with Gasteiger partial charge >= 0.3 is 0 Å². The number of benzene rings is 1. The molecule has 0 saturated heterocycles. The van der Waals surface area contributed by atoms with E-state index in [2.05, 4.69) is 42.5 Å². The van der Waals surface area contributed by atoms with Crippen molar-refractivity contribution in [2.24, 2.45) is 0 Å². The summed E-state index contributed by atoms with van der Waals surface area (Å²) in [6, 6.07) is 8.18. The molecular formula is C20H23N3OS. The summed E-state index contributed by atoms with van der Waals surface area (Å²) in [5.41, 5.74) is 5.18. The molecule has 1 aromatic carbocycles. The van der Waals surface area contributed by atoms with Crippen molar-refractivity contribution >= 4 is 17.2 Å². The summed E-state index contributed by atoms with van der Waals surface area (Å²) in [4.78, 5) is 19.4. The average molecular weight is 353 g/mol. The second-order valence-corrected chi connectivity index (χ2v) is 7.43. The van der Waals surface area contributed by atoms with Crippen LogP contribution in [-0.4, -0.2) is 27.4 Å². The molecule has 2 heterocycles. The zero-order valence-corrected chi connectivity index (χ0v) is 15.9. The third kappa shape index (κ3) is 3.82. The highest BCUT2D eigenvalue weighted by molar-refractivity contribution is 7.12. The molecule has 0 bridgehead atoms. The number of carbonyl (C=O) groups excluding carboxylic acids is 1. The summed E-state index contributed by atoms with van der Waals surface area (Å²) in [6.07, 6.45) is 3.79. The Bertz CT molecular complexity index is 857. The van der Waals surface area contributed by atoms with Crippen LogP contribution in [0.4, 0.5) is 0 Å². The number of nitrogens with zero attached hydrogens (tertiary/aromatic N) is 3. The van der Waals surface area contributed by atoms with Crippen LogP contribution < -0.4 is 0 Å². The fraction of sp³-hybridized carbons (Fsp3) is 0.300. The van der Waals surface area contributed by atoms with Gasteiger partial charge in [0, 0.05) is 26.0 Å². The number of amides is 1. The third-order valence-electron chi connectivity index (χ3n) is 4.43. The average Bonchev–Trinajstić information content (AvgIpc) is 3.22. The lowest BCUT2D eigenvalue weighted by Crippen LogP contribution is -2.27. The van der Waals surface area contributed by atoms with Gasteiger partial charge in [-0.15, -0.1) is 11.3 Å². The minimum atomic E-state index is 0.0345. The van der Waals surface area contributed by atoms with E-state index < -0.39 is 0 Å². The standard InChI is InChI=1S/C20H23N3OS/c1-14-10-15(2)17(16(3)11-14)12-23-8-7-21-19(23)13-22(4)20(24)18-6-5-9-25-18/h5-11H,12-13H2,1-4H3. The lowest BCUT2D eigenvalue weighted by Gasteiger charge is -2.18. The predicted molar refractivity (Wildman–Crippen MR) is 102 cm³/mol. The summed E-state index contributed by atoms with van der Waals surface area (Å²) >= 11 is 1.47. The molecule has 0 atom stereocenters. The largest absolute Gasteiger partial charge is 0.334 e. The van der Waals surface area contributed by atoms with Gasteiger partial charge in [0.25, 0.3) is 5.91 Å². The van der Waals surface area contributed by atoms with Crippen molar-refractivity contribution in [3.05, 3.63) is 75.0 Å². The fourth-order valence-corrected chi connectivity index (χ4v) is 3.86. The number of imidazole rings is 1. The molecule has 0 unspecified atom stereocenters.